The number of nitrogens with zero attached hydrogens (tertiary/aromatic N) is 3. The summed E-state index contributed by atoms with van der Waals surface area (Å²) in [4.78, 5) is 4.98. The lowest BCUT2D eigenvalue weighted by atomic mass is 10.1. The topological polar surface area (TPSA) is 54.8 Å². The molecule has 0 spiro atoms. The van der Waals surface area contributed by atoms with Gasteiger partial charge in [-0.1, -0.05) is 12.1 Å². The van der Waals surface area contributed by atoms with Crippen molar-refractivity contribution in [3.63, 3.8) is 0 Å². The fourth-order valence-corrected chi connectivity index (χ4v) is 7.21. The summed E-state index contributed by atoms with van der Waals surface area (Å²) in [6.07, 6.45) is 6.66. The largest absolute Gasteiger partial charge is 0.490 e. The Morgan fingerprint density at radius 3 is 2.48 bits per heavy atom. The van der Waals surface area contributed by atoms with Crippen LogP contribution in [0.4, 0.5) is 0 Å². The first-order valence-electron chi connectivity index (χ1n) is 11.6. The maximum Gasteiger partial charge on any atom is 0.269 e. The van der Waals surface area contributed by atoms with Crippen LogP contribution in [0.5, 0.6) is 5.75 Å². The Balaban J connectivity index is 1.56. The molecular weight excluding hydrogens is 502 g/mol. The molecule has 1 aliphatic heterocycles. The van der Waals surface area contributed by atoms with Crippen LogP contribution in [0.2, 0.25) is 0 Å². The van der Waals surface area contributed by atoms with Crippen molar-refractivity contribution in [1.29, 1.82) is 0 Å². The number of hydrogen-bond acceptors (Lipinski definition) is 5. The second-order valence-electron chi connectivity index (χ2n) is 9.17. The summed E-state index contributed by atoms with van der Waals surface area (Å²) >= 11 is 3.42. The molecule has 2 aromatic carbocycles. The number of aromatic nitrogens is 1. The van der Waals surface area contributed by atoms with Crippen molar-refractivity contribution in [3.8, 4) is 5.75 Å². The van der Waals surface area contributed by atoms with Crippen LogP contribution in [0.3, 0.4) is 0 Å². The Morgan fingerprint density at radius 1 is 1.03 bits per heavy atom. The number of fused-ring (bicyclic) bond motifs is 1. The molecule has 2 aliphatic rings. The molecule has 1 aromatic heterocycles. The predicted octanol–water partition coefficient (Wildman–Crippen LogP) is 4.71. The molecule has 1 saturated carbocycles. The van der Waals surface area contributed by atoms with Crippen molar-refractivity contribution < 1.29 is 13.2 Å². The van der Waals surface area contributed by atoms with Gasteiger partial charge < -0.3 is 9.64 Å². The van der Waals surface area contributed by atoms with E-state index in [-0.39, 0.29) is 11.0 Å². The molecule has 2 fully saturated rings. The monoisotopic (exact) mass is 531 g/mol. The van der Waals surface area contributed by atoms with Crippen LogP contribution in [0.25, 0.3) is 10.9 Å². The van der Waals surface area contributed by atoms with Crippen molar-refractivity contribution in [2.45, 2.75) is 43.2 Å². The van der Waals surface area contributed by atoms with Crippen molar-refractivity contribution in [2.75, 3.05) is 33.2 Å². The smallest absolute Gasteiger partial charge is 0.269 e. The number of rotatable bonds is 6. The van der Waals surface area contributed by atoms with Gasteiger partial charge in [0.1, 0.15) is 10.6 Å². The van der Waals surface area contributed by atoms with Crippen LogP contribution in [-0.2, 0) is 16.6 Å². The molecule has 33 heavy (non-hydrogen) atoms. The summed E-state index contributed by atoms with van der Waals surface area (Å²) < 4.78 is 35.6. The number of ether oxygens (including phenoxy) is 1. The lowest BCUT2D eigenvalue weighted by Crippen LogP contribution is -2.43. The van der Waals surface area contributed by atoms with Gasteiger partial charge in [-0.2, -0.15) is 0 Å². The molecule has 0 unspecified atom stereocenters. The SMILES string of the molecule is CN1CCN(Cc2cn(S(=O)(=O)c3ccccc3Br)c3ccc(OC4CCCC4)cc23)CC1. The Labute approximate surface area is 204 Å². The zero-order valence-corrected chi connectivity index (χ0v) is 21.3. The Bertz CT molecular complexity index is 1240. The third-order valence-electron chi connectivity index (χ3n) is 6.79. The lowest BCUT2D eigenvalue weighted by molar-refractivity contribution is 0.148. The zero-order valence-electron chi connectivity index (χ0n) is 18.9. The van der Waals surface area contributed by atoms with Gasteiger partial charge in [-0.15, -0.1) is 0 Å². The van der Waals surface area contributed by atoms with E-state index in [9.17, 15) is 8.42 Å². The molecule has 1 aliphatic carbocycles. The van der Waals surface area contributed by atoms with Gasteiger partial charge in [-0.05, 0) is 84.6 Å². The van der Waals surface area contributed by atoms with Crippen LogP contribution in [0, 0.1) is 0 Å². The van der Waals surface area contributed by atoms with Crippen molar-refractivity contribution in [1.82, 2.24) is 13.8 Å². The average molecular weight is 533 g/mol. The number of halogens is 1. The van der Waals surface area contributed by atoms with Crippen LogP contribution < -0.4 is 4.74 Å². The molecule has 5 rings (SSSR count). The van der Waals surface area contributed by atoms with E-state index in [1.165, 1.54) is 16.8 Å². The molecule has 0 radical (unpaired) electrons. The van der Waals surface area contributed by atoms with Crippen molar-refractivity contribution in [2.24, 2.45) is 0 Å². The maximum absolute atomic E-state index is 13.7. The van der Waals surface area contributed by atoms with Gasteiger partial charge in [0.15, 0.2) is 0 Å². The predicted molar refractivity (Wildman–Crippen MR) is 134 cm³/mol. The highest BCUT2D eigenvalue weighted by molar-refractivity contribution is 9.10. The molecule has 176 valence electrons. The molecule has 2 heterocycles. The standard InChI is InChI=1S/C25H30BrN3O3S/c1-27-12-14-28(15-13-27)17-19-18-29(33(30,31)25-9-5-4-8-23(25)26)24-11-10-21(16-22(19)24)32-20-6-2-3-7-20/h4-5,8-11,16,18,20H,2-3,6-7,12-15,17H2,1H3. The van der Waals surface area contributed by atoms with Crippen molar-refractivity contribution in [3.05, 3.63) is 58.7 Å². The second kappa shape index (κ2) is 9.41. The zero-order chi connectivity index (χ0) is 23.0. The van der Waals surface area contributed by atoms with E-state index in [0.717, 1.165) is 62.3 Å². The van der Waals surface area contributed by atoms with E-state index in [1.54, 1.807) is 24.4 Å². The highest BCUT2D eigenvalue weighted by atomic mass is 79.9. The maximum atomic E-state index is 13.7. The quantitative estimate of drug-likeness (QED) is 0.461. The van der Waals surface area contributed by atoms with Crippen molar-refractivity contribution >= 4 is 36.9 Å². The Hall–Kier alpha value is -1.87. The van der Waals surface area contributed by atoms with Crippen LogP contribution in [0.15, 0.2) is 58.0 Å². The molecule has 8 heteroatoms. The van der Waals surface area contributed by atoms with Gasteiger partial charge in [0.25, 0.3) is 10.0 Å². The normalized spacial score (nSPS) is 18.8. The van der Waals surface area contributed by atoms with E-state index in [1.807, 2.05) is 24.3 Å². The molecule has 1 saturated heterocycles. The molecule has 6 nitrogen and oxygen atoms in total. The Kier molecular flexibility index (Phi) is 6.53. The van der Waals surface area contributed by atoms with E-state index < -0.39 is 10.0 Å². The highest BCUT2D eigenvalue weighted by Gasteiger charge is 2.25. The summed E-state index contributed by atoms with van der Waals surface area (Å²) in [6, 6.07) is 12.8. The minimum absolute atomic E-state index is 0.259. The fourth-order valence-electron chi connectivity index (χ4n) is 4.85. The molecule has 0 bridgehead atoms. The minimum Gasteiger partial charge on any atom is -0.490 e. The summed E-state index contributed by atoms with van der Waals surface area (Å²) in [7, 11) is -1.62. The second-order valence-corrected chi connectivity index (χ2v) is 11.8. The van der Waals surface area contributed by atoms with Crippen LogP contribution in [0.1, 0.15) is 31.2 Å². The van der Waals surface area contributed by atoms with Gasteiger partial charge in [0, 0.05) is 48.8 Å². The first kappa shape index (κ1) is 22.9. The lowest BCUT2D eigenvalue weighted by Gasteiger charge is -2.32. The summed E-state index contributed by atoms with van der Waals surface area (Å²) in [6.45, 7) is 4.69. The van der Waals surface area contributed by atoms with E-state index in [0.29, 0.717) is 9.99 Å². The average Bonchev–Trinajstić information content (AvgIpc) is 3.44. The fraction of sp³-hybridized carbons (Fsp3) is 0.440. The molecular formula is C25H30BrN3O3S. The van der Waals surface area contributed by atoms with Gasteiger partial charge >= 0.3 is 0 Å². The Morgan fingerprint density at radius 2 is 1.76 bits per heavy atom. The molecule has 3 aromatic rings. The summed E-state index contributed by atoms with van der Waals surface area (Å²) in [5.74, 6) is 0.824. The first-order valence-corrected chi connectivity index (χ1v) is 13.9. The van der Waals surface area contributed by atoms with Gasteiger partial charge in [-0.3, -0.25) is 4.90 Å². The highest BCUT2D eigenvalue weighted by Crippen LogP contribution is 2.33. The van der Waals surface area contributed by atoms with E-state index in [4.69, 9.17) is 4.74 Å². The van der Waals surface area contributed by atoms with Crippen LogP contribution in [-0.4, -0.2) is 61.5 Å². The number of hydrogen-bond donors (Lipinski definition) is 0. The number of likely N-dealkylation sites (N-methyl/N-ethyl adjacent to an activating group) is 1. The van der Waals surface area contributed by atoms with Gasteiger partial charge in [0.2, 0.25) is 0 Å². The summed E-state index contributed by atoms with van der Waals surface area (Å²) in [5.41, 5.74) is 1.70. The summed E-state index contributed by atoms with van der Waals surface area (Å²) in [5, 5.41) is 0.944. The number of piperazine rings is 1. The van der Waals surface area contributed by atoms with Gasteiger partial charge in [0.05, 0.1) is 11.6 Å². The first-order chi connectivity index (χ1) is 15.9. The van der Waals surface area contributed by atoms with E-state index in [2.05, 4.69) is 32.8 Å². The van der Waals surface area contributed by atoms with Gasteiger partial charge in [-0.25, -0.2) is 12.4 Å². The van der Waals surface area contributed by atoms with E-state index >= 15 is 0 Å². The number of benzene rings is 2. The minimum atomic E-state index is -3.76. The van der Waals surface area contributed by atoms with Crippen LogP contribution >= 0.6 is 15.9 Å². The molecule has 0 atom stereocenters. The molecule has 0 amide bonds. The third kappa shape index (κ3) is 4.71. The third-order valence-corrected chi connectivity index (χ3v) is 9.48. The molecule has 0 N–H and O–H groups in total.